The predicted molar refractivity (Wildman–Crippen MR) is 56.3 cm³/mol. The summed E-state index contributed by atoms with van der Waals surface area (Å²) in [6, 6.07) is 5.47. The molecule has 0 radical (unpaired) electrons. The van der Waals surface area contributed by atoms with Gasteiger partial charge in [-0.3, -0.25) is 4.79 Å². The van der Waals surface area contributed by atoms with Crippen LogP contribution in [0.2, 0.25) is 0 Å². The Morgan fingerprint density at radius 2 is 2.20 bits per heavy atom. The minimum atomic E-state index is -1.35. The van der Waals surface area contributed by atoms with Crippen LogP contribution < -0.4 is 4.74 Å². The maximum Gasteiger partial charge on any atom is 0.197 e. The van der Waals surface area contributed by atoms with Gasteiger partial charge in [-0.15, -0.1) is 0 Å². The van der Waals surface area contributed by atoms with Crippen molar-refractivity contribution in [1.82, 2.24) is 0 Å². The quantitative estimate of drug-likeness (QED) is 0.747. The first kappa shape index (κ1) is 10.2. The molecule has 1 aromatic rings. The van der Waals surface area contributed by atoms with Gasteiger partial charge < -0.3 is 9.84 Å². The normalized spacial score (nSPS) is 14.6. The average molecular weight is 206 g/mol. The Labute approximate surface area is 88.7 Å². The second-order valence-corrected chi connectivity index (χ2v) is 4.28. The van der Waals surface area contributed by atoms with E-state index < -0.39 is 5.60 Å². The number of rotatable bonds is 2. The van der Waals surface area contributed by atoms with E-state index in [1.807, 2.05) is 12.1 Å². The zero-order valence-electron chi connectivity index (χ0n) is 8.91. The second kappa shape index (κ2) is 3.35. The van der Waals surface area contributed by atoms with Gasteiger partial charge in [0.15, 0.2) is 5.78 Å². The monoisotopic (exact) mass is 206 g/mol. The Bertz CT molecular complexity index is 402. The standard InChI is InChI=1S/C12H14O3/c1-12(2,14)11(13)9-5-3-4-8-6-7-15-10(8)9/h3-5,14H,6-7H2,1-2H3. The summed E-state index contributed by atoms with van der Waals surface area (Å²) in [7, 11) is 0. The van der Waals surface area contributed by atoms with Gasteiger partial charge in [-0.25, -0.2) is 0 Å². The Morgan fingerprint density at radius 3 is 2.87 bits per heavy atom. The predicted octanol–water partition coefficient (Wildman–Crippen LogP) is 1.58. The topological polar surface area (TPSA) is 46.5 Å². The highest BCUT2D eigenvalue weighted by Crippen LogP contribution is 2.31. The number of ether oxygens (including phenoxy) is 1. The van der Waals surface area contributed by atoms with Crippen molar-refractivity contribution in [3.8, 4) is 5.75 Å². The molecule has 0 fully saturated rings. The first-order valence-corrected chi connectivity index (χ1v) is 5.02. The van der Waals surface area contributed by atoms with Gasteiger partial charge in [0.25, 0.3) is 0 Å². The van der Waals surface area contributed by atoms with E-state index in [0.29, 0.717) is 17.9 Å². The number of aliphatic hydroxyl groups is 1. The molecule has 1 N–H and O–H groups in total. The van der Waals surface area contributed by atoms with Crippen molar-refractivity contribution in [2.75, 3.05) is 6.61 Å². The SMILES string of the molecule is CC(C)(O)C(=O)c1cccc2c1OCC2. The summed E-state index contributed by atoms with van der Waals surface area (Å²) in [5.74, 6) is 0.353. The van der Waals surface area contributed by atoms with Crippen molar-refractivity contribution in [3.05, 3.63) is 29.3 Å². The van der Waals surface area contributed by atoms with E-state index in [-0.39, 0.29) is 5.78 Å². The van der Waals surface area contributed by atoms with E-state index in [2.05, 4.69) is 0 Å². The highest BCUT2D eigenvalue weighted by Gasteiger charge is 2.30. The molecule has 0 aliphatic carbocycles. The lowest BCUT2D eigenvalue weighted by Crippen LogP contribution is -2.31. The third-order valence-corrected chi connectivity index (χ3v) is 2.51. The Morgan fingerprint density at radius 1 is 1.47 bits per heavy atom. The number of Topliss-reactive ketones (excluding diaryl/α,β-unsaturated/α-hetero) is 1. The number of fused-ring (bicyclic) bond motifs is 1. The first-order chi connectivity index (χ1) is 7.00. The van der Waals surface area contributed by atoms with E-state index in [1.54, 1.807) is 6.07 Å². The molecule has 1 aliphatic rings. The summed E-state index contributed by atoms with van der Waals surface area (Å²) in [6.45, 7) is 3.60. The molecule has 0 saturated heterocycles. The van der Waals surface area contributed by atoms with Crippen LogP contribution in [-0.2, 0) is 6.42 Å². The molecule has 2 rings (SSSR count). The van der Waals surface area contributed by atoms with Crippen LogP contribution in [0.15, 0.2) is 18.2 Å². The van der Waals surface area contributed by atoms with Crippen molar-refractivity contribution in [2.45, 2.75) is 25.9 Å². The number of para-hydroxylation sites is 1. The minimum Gasteiger partial charge on any atom is -0.492 e. The molecule has 1 aliphatic heterocycles. The highest BCUT2D eigenvalue weighted by molar-refractivity contribution is 6.04. The lowest BCUT2D eigenvalue weighted by atomic mass is 9.94. The molecule has 0 atom stereocenters. The van der Waals surface area contributed by atoms with E-state index in [4.69, 9.17) is 4.74 Å². The lowest BCUT2D eigenvalue weighted by Gasteiger charge is -2.17. The Hall–Kier alpha value is -1.35. The Kier molecular flexibility index (Phi) is 2.27. The van der Waals surface area contributed by atoms with Gasteiger partial charge >= 0.3 is 0 Å². The molecular formula is C12H14O3. The summed E-state index contributed by atoms with van der Waals surface area (Å²) in [5, 5.41) is 9.67. The van der Waals surface area contributed by atoms with E-state index in [0.717, 1.165) is 12.0 Å². The fourth-order valence-corrected chi connectivity index (χ4v) is 1.72. The molecule has 3 heteroatoms. The molecule has 0 amide bonds. The molecule has 1 aromatic carbocycles. The molecule has 0 unspecified atom stereocenters. The van der Waals surface area contributed by atoms with Crippen molar-refractivity contribution in [3.63, 3.8) is 0 Å². The molecule has 0 aromatic heterocycles. The van der Waals surface area contributed by atoms with Gasteiger partial charge in [0, 0.05) is 6.42 Å². The fraction of sp³-hybridized carbons (Fsp3) is 0.417. The van der Waals surface area contributed by atoms with Crippen LogP contribution in [0.3, 0.4) is 0 Å². The molecule has 15 heavy (non-hydrogen) atoms. The lowest BCUT2D eigenvalue weighted by molar-refractivity contribution is 0.0485. The molecule has 80 valence electrons. The van der Waals surface area contributed by atoms with Crippen LogP contribution in [-0.4, -0.2) is 23.1 Å². The van der Waals surface area contributed by atoms with Crippen LogP contribution in [0.4, 0.5) is 0 Å². The summed E-state index contributed by atoms with van der Waals surface area (Å²) in [5.41, 5.74) is 0.184. The van der Waals surface area contributed by atoms with Crippen LogP contribution in [0, 0.1) is 0 Å². The number of ketones is 1. The zero-order valence-corrected chi connectivity index (χ0v) is 8.91. The van der Waals surface area contributed by atoms with Crippen LogP contribution in [0.25, 0.3) is 0 Å². The van der Waals surface area contributed by atoms with Crippen molar-refractivity contribution >= 4 is 5.78 Å². The van der Waals surface area contributed by atoms with Gasteiger partial charge in [-0.05, 0) is 25.5 Å². The molecule has 1 heterocycles. The van der Waals surface area contributed by atoms with E-state index in [1.165, 1.54) is 13.8 Å². The van der Waals surface area contributed by atoms with Crippen LogP contribution >= 0.6 is 0 Å². The summed E-state index contributed by atoms with van der Waals surface area (Å²) < 4.78 is 5.41. The van der Waals surface area contributed by atoms with Gasteiger partial charge in [-0.1, -0.05) is 12.1 Å². The number of hydrogen-bond donors (Lipinski definition) is 1. The Balaban J connectivity index is 2.46. The van der Waals surface area contributed by atoms with Gasteiger partial charge in [-0.2, -0.15) is 0 Å². The second-order valence-electron chi connectivity index (χ2n) is 4.28. The molecule has 0 spiro atoms. The van der Waals surface area contributed by atoms with E-state index in [9.17, 15) is 9.90 Å². The number of carbonyl (C=O) groups excluding carboxylic acids is 1. The van der Waals surface area contributed by atoms with Gasteiger partial charge in [0.2, 0.25) is 0 Å². The third-order valence-electron chi connectivity index (χ3n) is 2.51. The van der Waals surface area contributed by atoms with Crippen LogP contribution in [0.5, 0.6) is 5.75 Å². The molecule has 0 bridgehead atoms. The summed E-state index contributed by atoms with van der Waals surface area (Å²) in [6.07, 6.45) is 0.836. The third kappa shape index (κ3) is 1.75. The molecule has 0 saturated carbocycles. The zero-order chi connectivity index (χ0) is 11.1. The summed E-state index contributed by atoms with van der Waals surface area (Å²) in [4.78, 5) is 11.9. The van der Waals surface area contributed by atoms with Crippen LogP contribution in [0.1, 0.15) is 29.8 Å². The maximum absolute atomic E-state index is 11.9. The maximum atomic E-state index is 11.9. The minimum absolute atomic E-state index is 0.291. The van der Waals surface area contributed by atoms with Gasteiger partial charge in [0.05, 0.1) is 12.2 Å². The van der Waals surface area contributed by atoms with Crippen molar-refractivity contribution in [2.24, 2.45) is 0 Å². The van der Waals surface area contributed by atoms with Crippen molar-refractivity contribution < 1.29 is 14.6 Å². The summed E-state index contributed by atoms with van der Waals surface area (Å²) >= 11 is 0. The average Bonchev–Trinajstić information content (AvgIpc) is 2.62. The first-order valence-electron chi connectivity index (χ1n) is 5.02. The number of benzene rings is 1. The van der Waals surface area contributed by atoms with Crippen molar-refractivity contribution in [1.29, 1.82) is 0 Å². The van der Waals surface area contributed by atoms with Gasteiger partial charge in [0.1, 0.15) is 11.4 Å². The largest absolute Gasteiger partial charge is 0.492 e. The number of carbonyl (C=O) groups is 1. The molecular weight excluding hydrogens is 192 g/mol. The number of hydrogen-bond acceptors (Lipinski definition) is 3. The highest BCUT2D eigenvalue weighted by atomic mass is 16.5. The van der Waals surface area contributed by atoms with E-state index >= 15 is 0 Å². The smallest absolute Gasteiger partial charge is 0.197 e. The fourth-order valence-electron chi connectivity index (χ4n) is 1.72. The molecule has 3 nitrogen and oxygen atoms in total.